The number of hydrogen-bond donors (Lipinski definition) is 2. The SMILES string of the molecule is Cc1csc(C(=O)O)c1S(=O)(=O)N1CCC[C@H](O)C1. The number of aryl methyl sites for hydroxylation is 1. The Hall–Kier alpha value is -0.960. The lowest BCUT2D eigenvalue weighted by atomic mass is 10.1. The normalized spacial score (nSPS) is 21.5. The maximum absolute atomic E-state index is 12.5. The quantitative estimate of drug-likeness (QED) is 0.865. The molecule has 1 saturated heterocycles. The third-order valence-electron chi connectivity index (χ3n) is 3.07. The Morgan fingerprint density at radius 2 is 2.21 bits per heavy atom. The van der Waals surface area contributed by atoms with Crippen molar-refractivity contribution in [1.82, 2.24) is 4.31 Å². The standard InChI is InChI=1S/C11H15NO5S2/c1-7-6-18-9(11(14)15)10(7)19(16,17)12-4-2-3-8(13)5-12/h6,8,13H,2-5H2,1H3,(H,14,15)/t8-/m0/s1. The second kappa shape index (κ2) is 5.20. The van der Waals surface area contributed by atoms with E-state index in [-0.39, 0.29) is 16.3 Å². The van der Waals surface area contributed by atoms with Gasteiger partial charge in [-0.3, -0.25) is 0 Å². The second-order valence-corrected chi connectivity index (χ2v) is 7.30. The fourth-order valence-electron chi connectivity index (χ4n) is 2.17. The van der Waals surface area contributed by atoms with E-state index in [0.29, 0.717) is 24.9 Å². The van der Waals surface area contributed by atoms with Crippen molar-refractivity contribution < 1.29 is 23.4 Å². The van der Waals surface area contributed by atoms with E-state index in [2.05, 4.69) is 0 Å². The average molecular weight is 305 g/mol. The highest BCUT2D eigenvalue weighted by molar-refractivity contribution is 7.89. The van der Waals surface area contributed by atoms with Crippen LogP contribution in [0.15, 0.2) is 10.3 Å². The lowest BCUT2D eigenvalue weighted by Gasteiger charge is -2.29. The molecule has 0 amide bonds. The molecule has 2 heterocycles. The zero-order valence-corrected chi connectivity index (χ0v) is 12.0. The summed E-state index contributed by atoms with van der Waals surface area (Å²) < 4.78 is 26.2. The van der Waals surface area contributed by atoms with Gasteiger partial charge in [-0.25, -0.2) is 13.2 Å². The first kappa shape index (κ1) is 14.4. The van der Waals surface area contributed by atoms with Gasteiger partial charge >= 0.3 is 5.97 Å². The van der Waals surface area contributed by atoms with Crippen LogP contribution in [0.25, 0.3) is 0 Å². The van der Waals surface area contributed by atoms with Crippen LogP contribution < -0.4 is 0 Å². The molecule has 0 unspecified atom stereocenters. The highest BCUT2D eigenvalue weighted by Gasteiger charge is 2.34. The molecule has 8 heteroatoms. The molecule has 0 bridgehead atoms. The van der Waals surface area contributed by atoms with Crippen molar-refractivity contribution in [2.45, 2.75) is 30.8 Å². The van der Waals surface area contributed by atoms with E-state index in [0.717, 1.165) is 11.3 Å². The fourth-order valence-corrected chi connectivity index (χ4v) is 5.27. The maximum Gasteiger partial charge on any atom is 0.347 e. The topological polar surface area (TPSA) is 94.9 Å². The maximum atomic E-state index is 12.5. The molecule has 0 aromatic carbocycles. The number of β-amino-alcohol motifs (C(OH)–C–C–N with tert-alkyl or cyclic N) is 1. The highest BCUT2D eigenvalue weighted by atomic mass is 32.2. The van der Waals surface area contributed by atoms with Gasteiger partial charge in [-0.15, -0.1) is 11.3 Å². The van der Waals surface area contributed by atoms with Gasteiger partial charge in [0.2, 0.25) is 10.0 Å². The Morgan fingerprint density at radius 1 is 1.53 bits per heavy atom. The van der Waals surface area contributed by atoms with Crippen LogP contribution in [0.1, 0.15) is 28.1 Å². The van der Waals surface area contributed by atoms with Gasteiger partial charge in [0.25, 0.3) is 0 Å². The molecule has 1 aliphatic rings. The van der Waals surface area contributed by atoms with Crippen LogP contribution in [0.4, 0.5) is 0 Å². The largest absolute Gasteiger partial charge is 0.477 e. The number of thiophene rings is 1. The van der Waals surface area contributed by atoms with E-state index in [1.54, 1.807) is 6.92 Å². The van der Waals surface area contributed by atoms with Crippen molar-refractivity contribution in [2.24, 2.45) is 0 Å². The van der Waals surface area contributed by atoms with E-state index in [1.165, 1.54) is 9.69 Å². The van der Waals surface area contributed by atoms with E-state index < -0.39 is 22.1 Å². The Morgan fingerprint density at radius 3 is 2.79 bits per heavy atom. The highest BCUT2D eigenvalue weighted by Crippen LogP contribution is 2.30. The third kappa shape index (κ3) is 2.66. The van der Waals surface area contributed by atoms with Crippen LogP contribution in [0, 0.1) is 6.92 Å². The lowest BCUT2D eigenvalue weighted by Crippen LogP contribution is -2.42. The van der Waals surface area contributed by atoms with E-state index in [9.17, 15) is 18.3 Å². The van der Waals surface area contributed by atoms with Crippen molar-refractivity contribution in [2.75, 3.05) is 13.1 Å². The number of carbonyl (C=O) groups is 1. The number of aliphatic hydroxyl groups is 1. The van der Waals surface area contributed by atoms with Gasteiger partial charge < -0.3 is 10.2 Å². The molecule has 1 fully saturated rings. The summed E-state index contributed by atoms with van der Waals surface area (Å²) in [6.45, 7) is 1.92. The molecule has 1 aromatic heterocycles. The summed E-state index contributed by atoms with van der Waals surface area (Å²) >= 11 is 0.908. The average Bonchev–Trinajstić information content (AvgIpc) is 2.72. The smallest absolute Gasteiger partial charge is 0.347 e. The molecule has 1 atom stereocenters. The molecule has 0 radical (unpaired) electrons. The van der Waals surface area contributed by atoms with Crippen molar-refractivity contribution in [3.63, 3.8) is 0 Å². The minimum Gasteiger partial charge on any atom is -0.477 e. The summed E-state index contributed by atoms with van der Waals surface area (Å²) in [5.41, 5.74) is 0.433. The van der Waals surface area contributed by atoms with Gasteiger partial charge in [0.15, 0.2) is 0 Å². The Labute approximate surface area is 115 Å². The van der Waals surface area contributed by atoms with Crippen molar-refractivity contribution in [1.29, 1.82) is 0 Å². The van der Waals surface area contributed by atoms with Crippen LogP contribution in [-0.4, -0.2) is 48.1 Å². The van der Waals surface area contributed by atoms with Crippen LogP contribution in [-0.2, 0) is 10.0 Å². The van der Waals surface area contributed by atoms with E-state index in [4.69, 9.17) is 5.11 Å². The Kier molecular flexibility index (Phi) is 3.95. The molecule has 6 nitrogen and oxygen atoms in total. The molecule has 2 N–H and O–H groups in total. The summed E-state index contributed by atoms with van der Waals surface area (Å²) in [5.74, 6) is -1.24. The number of aliphatic hydroxyl groups excluding tert-OH is 1. The van der Waals surface area contributed by atoms with Crippen molar-refractivity contribution in [3.05, 3.63) is 15.8 Å². The van der Waals surface area contributed by atoms with Gasteiger partial charge in [0.05, 0.1) is 6.10 Å². The van der Waals surface area contributed by atoms with Crippen LogP contribution in [0.3, 0.4) is 0 Å². The first-order valence-corrected chi connectivity index (χ1v) is 8.15. The molecule has 0 spiro atoms. The molecule has 106 valence electrons. The lowest BCUT2D eigenvalue weighted by molar-refractivity contribution is 0.0698. The van der Waals surface area contributed by atoms with Crippen LogP contribution >= 0.6 is 11.3 Å². The minimum atomic E-state index is -3.86. The second-order valence-electron chi connectivity index (χ2n) is 4.54. The zero-order chi connectivity index (χ0) is 14.2. The van der Waals surface area contributed by atoms with E-state index >= 15 is 0 Å². The minimum absolute atomic E-state index is 0.0245. The van der Waals surface area contributed by atoms with Gasteiger partial charge in [0.1, 0.15) is 9.77 Å². The first-order chi connectivity index (χ1) is 8.84. The summed E-state index contributed by atoms with van der Waals surface area (Å²) in [5, 5.41) is 20.2. The summed E-state index contributed by atoms with van der Waals surface area (Å²) in [6, 6.07) is 0. The predicted octanol–water partition coefficient (Wildman–Crippen LogP) is 0.900. The number of nitrogens with zero attached hydrogens (tertiary/aromatic N) is 1. The van der Waals surface area contributed by atoms with Crippen molar-refractivity contribution >= 4 is 27.3 Å². The number of piperidine rings is 1. The predicted molar refractivity (Wildman–Crippen MR) is 70.0 cm³/mol. The Balaban J connectivity index is 2.45. The first-order valence-electron chi connectivity index (χ1n) is 5.83. The van der Waals surface area contributed by atoms with Gasteiger partial charge in [-0.1, -0.05) is 0 Å². The number of rotatable bonds is 3. The third-order valence-corrected chi connectivity index (χ3v) is 6.34. The monoisotopic (exact) mass is 305 g/mol. The van der Waals surface area contributed by atoms with E-state index in [1.807, 2.05) is 0 Å². The van der Waals surface area contributed by atoms with Crippen LogP contribution in [0.5, 0.6) is 0 Å². The van der Waals surface area contributed by atoms with Gasteiger partial charge in [0, 0.05) is 13.1 Å². The number of sulfonamides is 1. The zero-order valence-electron chi connectivity index (χ0n) is 10.4. The fraction of sp³-hybridized carbons (Fsp3) is 0.545. The van der Waals surface area contributed by atoms with Gasteiger partial charge in [-0.05, 0) is 30.7 Å². The molecule has 1 aromatic rings. The Bertz CT molecular complexity index is 592. The molecule has 0 aliphatic carbocycles. The molecule has 0 saturated carbocycles. The summed E-state index contributed by atoms with van der Waals surface area (Å²) in [6.07, 6.45) is 0.461. The summed E-state index contributed by atoms with van der Waals surface area (Å²) in [7, 11) is -3.86. The van der Waals surface area contributed by atoms with Gasteiger partial charge in [-0.2, -0.15) is 4.31 Å². The molecule has 1 aliphatic heterocycles. The molecule has 19 heavy (non-hydrogen) atoms. The number of aromatic carboxylic acids is 1. The molecular weight excluding hydrogens is 290 g/mol. The number of carboxylic acids is 1. The van der Waals surface area contributed by atoms with Crippen molar-refractivity contribution in [3.8, 4) is 0 Å². The molecule has 2 rings (SSSR count). The summed E-state index contributed by atoms with van der Waals surface area (Å²) in [4.78, 5) is 10.8. The number of hydrogen-bond acceptors (Lipinski definition) is 5. The molecular formula is C11H15NO5S2. The van der Waals surface area contributed by atoms with Crippen LogP contribution in [0.2, 0.25) is 0 Å². The number of carboxylic acid groups (broad SMARTS) is 1.